The number of rotatable bonds is 5. The fourth-order valence-corrected chi connectivity index (χ4v) is 3.69. The molecule has 0 aliphatic heterocycles. The van der Waals surface area contributed by atoms with Gasteiger partial charge in [-0.2, -0.15) is 5.10 Å². The van der Waals surface area contributed by atoms with Gasteiger partial charge in [0.1, 0.15) is 11.6 Å². The number of hydrogen-bond donors (Lipinski definition) is 2. The highest BCUT2D eigenvalue weighted by atomic mass is 32.1. The van der Waals surface area contributed by atoms with Gasteiger partial charge in [0.2, 0.25) is 5.91 Å². The molecule has 0 atom stereocenters. The first-order valence-electron chi connectivity index (χ1n) is 9.37. The number of amides is 2. The van der Waals surface area contributed by atoms with E-state index < -0.39 is 0 Å². The Morgan fingerprint density at radius 1 is 1.03 bits per heavy atom. The topological polar surface area (TPSA) is 88.9 Å². The number of nitrogens with zero attached hydrogens (tertiary/aromatic N) is 3. The molecule has 0 radical (unpaired) electrons. The van der Waals surface area contributed by atoms with E-state index in [1.165, 1.54) is 30.4 Å². The Bertz CT molecular complexity index is 1230. The van der Waals surface area contributed by atoms with Crippen LogP contribution >= 0.6 is 11.3 Å². The normalized spacial score (nSPS) is 10.7. The zero-order valence-corrected chi connectivity index (χ0v) is 17.5. The maximum Gasteiger partial charge on any atom is 0.257 e. The fourth-order valence-electron chi connectivity index (χ4n) is 3.17. The number of carbonyl (C=O) groups is 2. The highest BCUT2D eigenvalue weighted by Crippen LogP contribution is 2.33. The second-order valence-electron chi connectivity index (χ2n) is 6.75. The third-order valence-electron chi connectivity index (χ3n) is 4.51. The van der Waals surface area contributed by atoms with Crippen molar-refractivity contribution in [1.29, 1.82) is 0 Å². The van der Waals surface area contributed by atoms with Crippen LogP contribution in [0.5, 0.6) is 0 Å². The molecule has 156 valence electrons. The second kappa shape index (κ2) is 8.49. The van der Waals surface area contributed by atoms with Gasteiger partial charge in [-0.1, -0.05) is 12.1 Å². The Morgan fingerprint density at radius 3 is 2.35 bits per heavy atom. The van der Waals surface area contributed by atoms with Crippen molar-refractivity contribution in [3.63, 3.8) is 0 Å². The molecule has 2 heterocycles. The molecule has 0 saturated carbocycles. The van der Waals surface area contributed by atoms with Gasteiger partial charge in [-0.15, -0.1) is 11.3 Å². The monoisotopic (exact) mass is 435 g/mol. The van der Waals surface area contributed by atoms with E-state index in [-0.39, 0.29) is 17.6 Å². The lowest BCUT2D eigenvalue weighted by Crippen LogP contribution is -2.13. The van der Waals surface area contributed by atoms with Crippen molar-refractivity contribution in [2.75, 3.05) is 10.6 Å². The quantitative estimate of drug-likeness (QED) is 0.477. The van der Waals surface area contributed by atoms with Gasteiger partial charge >= 0.3 is 0 Å². The summed E-state index contributed by atoms with van der Waals surface area (Å²) in [6.45, 7) is 3.23. The first-order chi connectivity index (χ1) is 14.9. The molecule has 9 heteroatoms. The van der Waals surface area contributed by atoms with Crippen molar-refractivity contribution in [2.45, 2.75) is 13.8 Å². The molecule has 31 heavy (non-hydrogen) atoms. The molecule has 0 bridgehead atoms. The number of halogens is 1. The molecule has 4 rings (SSSR count). The first-order valence-corrected chi connectivity index (χ1v) is 10.2. The molecule has 2 aromatic carbocycles. The molecule has 0 unspecified atom stereocenters. The third-order valence-corrected chi connectivity index (χ3v) is 5.20. The molecule has 2 N–H and O–H groups in total. The largest absolute Gasteiger partial charge is 0.310 e. The van der Waals surface area contributed by atoms with Crippen molar-refractivity contribution in [1.82, 2.24) is 14.8 Å². The van der Waals surface area contributed by atoms with Gasteiger partial charge in [-0.05, 0) is 48.9 Å². The maximum absolute atomic E-state index is 13.4. The van der Waals surface area contributed by atoms with Gasteiger partial charge in [0, 0.05) is 29.6 Å². The minimum absolute atomic E-state index is 0.260. The van der Waals surface area contributed by atoms with Crippen molar-refractivity contribution in [3.05, 3.63) is 77.2 Å². The zero-order valence-electron chi connectivity index (χ0n) is 16.7. The van der Waals surface area contributed by atoms with Crippen LogP contribution in [0, 0.1) is 12.7 Å². The molecule has 0 aliphatic carbocycles. The van der Waals surface area contributed by atoms with Gasteiger partial charge in [-0.25, -0.2) is 14.1 Å². The van der Waals surface area contributed by atoms with Crippen LogP contribution in [0.3, 0.4) is 0 Å². The molecule has 0 aliphatic rings. The minimum atomic E-state index is -0.346. The fraction of sp³-hybridized carbons (Fsp3) is 0.0909. The molecule has 2 amide bonds. The van der Waals surface area contributed by atoms with Gasteiger partial charge in [0.15, 0.2) is 5.13 Å². The average molecular weight is 435 g/mol. The van der Waals surface area contributed by atoms with E-state index in [1.54, 1.807) is 52.7 Å². The second-order valence-corrected chi connectivity index (χ2v) is 7.64. The summed E-state index contributed by atoms with van der Waals surface area (Å²) < 4.78 is 15.0. The summed E-state index contributed by atoms with van der Waals surface area (Å²) in [6, 6.07) is 12.8. The van der Waals surface area contributed by atoms with Gasteiger partial charge in [-0.3, -0.25) is 14.9 Å². The van der Waals surface area contributed by atoms with E-state index in [4.69, 9.17) is 0 Å². The lowest BCUT2D eigenvalue weighted by Gasteiger charge is -2.11. The first kappa shape index (κ1) is 20.4. The van der Waals surface area contributed by atoms with Gasteiger partial charge in [0.25, 0.3) is 5.91 Å². The molecule has 0 spiro atoms. The number of thiazole rings is 1. The number of aromatic nitrogens is 3. The van der Waals surface area contributed by atoms with Crippen LogP contribution in [0.15, 0.2) is 60.1 Å². The number of anilines is 2. The van der Waals surface area contributed by atoms with Gasteiger partial charge < -0.3 is 5.32 Å². The van der Waals surface area contributed by atoms with Crippen LogP contribution in [-0.2, 0) is 4.79 Å². The molecule has 7 nitrogen and oxygen atoms in total. The summed E-state index contributed by atoms with van der Waals surface area (Å²) in [5, 5.41) is 12.4. The minimum Gasteiger partial charge on any atom is -0.310 e. The summed E-state index contributed by atoms with van der Waals surface area (Å²) in [5.41, 5.74) is 3.21. The number of benzene rings is 2. The Hall–Kier alpha value is -3.85. The number of carbonyl (C=O) groups excluding carboxylic acids is 2. The smallest absolute Gasteiger partial charge is 0.257 e. The Morgan fingerprint density at radius 2 is 1.74 bits per heavy atom. The summed E-state index contributed by atoms with van der Waals surface area (Å²) in [4.78, 5) is 28.3. The van der Waals surface area contributed by atoms with Crippen LogP contribution in [-0.4, -0.2) is 26.6 Å². The van der Waals surface area contributed by atoms with Crippen molar-refractivity contribution < 1.29 is 14.0 Å². The molecule has 4 aromatic rings. The predicted molar refractivity (Wildman–Crippen MR) is 118 cm³/mol. The standard InChI is InChI=1S/C22H18FN5O2S/c1-13-19(15-3-7-17(23)8-4-15)20(25-14(2)29)28(27-13)18-9-5-16(6-10-18)21(30)26-22-24-11-12-31-22/h3-12H,1-2H3,(H,25,29)(H,24,26,30). The summed E-state index contributed by atoms with van der Waals surface area (Å²) in [5.74, 6) is -0.408. The van der Waals surface area contributed by atoms with Crippen LogP contribution in [0.4, 0.5) is 15.3 Å². The summed E-state index contributed by atoms with van der Waals surface area (Å²) >= 11 is 1.34. The maximum atomic E-state index is 13.4. The summed E-state index contributed by atoms with van der Waals surface area (Å²) in [6.07, 6.45) is 1.62. The number of aryl methyl sites for hydroxylation is 1. The number of nitrogens with one attached hydrogen (secondary N) is 2. The van der Waals surface area contributed by atoms with Crippen LogP contribution in [0.25, 0.3) is 16.8 Å². The Labute approximate surface area is 181 Å². The summed E-state index contributed by atoms with van der Waals surface area (Å²) in [7, 11) is 0. The van der Waals surface area contributed by atoms with E-state index in [9.17, 15) is 14.0 Å². The van der Waals surface area contributed by atoms with E-state index >= 15 is 0 Å². The highest BCUT2D eigenvalue weighted by Gasteiger charge is 2.19. The van der Waals surface area contributed by atoms with Crippen molar-refractivity contribution >= 4 is 34.1 Å². The SMILES string of the molecule is CC(=O)Nc1c(-c2ccc(F)cc2)c(C)nn1-c1ccc(C(=O)Nc2nccs2)cc1. The zero-order chi connectivity index (χ0) is 22.0. The van der Waals surface area contributed by atoms with E-state index in [1.807, 2.05) is 6.92 Å². The molecular formula is C22H18FN5O2S. The van der Waals surface area contributed by atoms with E-state index in [0.717, 1.165) is 5.56 Å². The van der Waals surface area contributed by atoms with Crippen LogP contribution in [0.2, 0.25) is 0 Å². The van der Waals surface area contributed by atoms with Crippen molar-refractivity contribution in [2.24, 2.45) is 0 Å². The molecule has 0 fully saturated rings. The third kappa shape index (κ3) is 4.36. The van der Waals surface area contributed by atoms with Crippen LogP contribution in [0.1, 0.15) is 23.0 Å². The Kier molecular flexibility index (Phi) is 5.59. The molecule has 0 saturated heterocycles. The van der Waals surface area contributed by atoms with E-state index in [2.05, 4.69) is 20.7 Å². The lowest BCUT2D eigenvalue weighted by atomic mass is 10.1. The number of hydrogen-bond acceptors (Lipinski definition) is 5. The van der Waals surface area contributed by atoms with Crippen LogP contribution < -0.4 is 10.6 Å². The molecule has 2 aromatic heterocycles. The van der Waals surface area contributed by atoms with Gasteiger partial charge in [0.05, 0.1) is 11.4 Å². The molecular weight excluding hydrogens is 417 g/mol. The van der Waals surface area contributed by atoms with Crippen molar-refractivity contribution in [3.8, 4) is 16.8 Å². The average Bonchev–Trinajstić information content (AvgIpc) is 3.36. The highest BCUT2D eigenvalue weighted by molar-refractivity contribution is 7.13. The lowest BCUT2D eigenvalue weighted by molar-refractivity contribution is -0.114. The predicted octanol–water partition coefficient (Wildman–Crippen LogP) is 4.65. The Balaban J connectivity index is 1.70. The van der Waals surface area contributed by atoms with E-state index in [0.29, 0.717) is 33.5 Å².